The minimum atomic E-state index is 0.511. The first-order valence-corrected chi connectivity index (χ1v) is 8.36. The summed E-state index contributed by atoms with van der Waals surface area (Å²) in [7, 11) is 3.27. The van der Waals surface area contributed by atoms with Crippen molar-refractivity contribution in [2.45, 2.75) is 38.1 Å². The number of hydrogen-bond donors (Lipinski definition) is 2. The molecule has 0 radical (unpaired) electrons. The molecule has 1 aromatic carbocycles. The largest absolute Gasteiger partial charge is 0.497 e. The van der Waals surface area contributed by atoms with Gasteiger partial charge in [0.15, 0.2) is 0 Å². The molecule has 1 aliphatic rings. The molecule has 0 aliphatic heterocycles. The molecule has 1 aromatic heterocycles. The molecule has 3 rings (SSSR count). The predicted octanol–water partition coefficient (Wildman–Crippen LogP) is 3.98. The second kappa shape index (κ2) is 7.86. The van der Waals surface area contributed by atoms with Crippen LogP contribution in [0.15, 0.2) is 30.6 Å². The summed E-state index contributed by atoms with van der Waals surface area (Å²) in [4.78, 5) is 8.63. The number of ether oxygens (including phenoxy) is 2. The zero-order valence-electron chi connectivity index (χ0n) is 14.2. The van der Waals surface area contributed by atoms with Gasteiger partial charge in [-0.25, -0.2) is 9.97 Å². The summed E-state index contributed by atoms with van der Waals surface area (Å²) in [5, 5.41) is 6.79. The Bertz CT molecular complexity index is 672. The first-order chi connectivity index (χ1) is 11.8. The molecule has 0 unspecified atom stereocenters. The van der Waals surface area contributed by atoms with Gasteiger partial charge in [0.2, 0.25) is 0 Å². The molecule has 1 aliphatic carbocycles. The van der Waals surface area contributed by atoms with E-state index < -0.39 is 0 Å². The second-order valence-electron chi connectivity index (χ2n) is 5.96. The number of nitrogens with one attached hydrogen (secondary N) is 2. The Labute approximate surface area is 142 Å². The molecular weight excluding hydrogens is 304 g/mol. The van der Waals surface area contributed by atoms with E-state index in [2.05, 4.69) is 20.6 Å². The average molecular weight is 328 g/mol. The standard InChI is InChI=1S/C18H24N4O2/c1-23-14-8-9-15(16(10-14)24-2)22-18-11-17(19-12-20-18)21-13-6-4-3-5-7-13/h8-13H,3-7H2,1-2H3,(H2,19,20,21,22). The lowest BCUT2D eigenvalue weighted by Gasteiger charge is -2.23. The zero-order valence-corrected chi connectivity index (χ0v) is 14.2. The third kappa shape index (κ3) is 4.07. The van der Waals surface area contributed by atoms with Crippen molar-refractivity contribution in [3.05, 3.63) is 30.6 Å². The smallest absolute Gasteiger partial charge is 0.146 e. The minimum Gasteiger partial charge on any atom is -0.497 e. The van der Waals surface area contributed by atoms with Crippen molar-refractivity contribution in [2.75, 3.05) is 24.9 Å². The molecule has 128 valence electrons. The number of aromatic nitrogens is 2. The maximum atomic E-state index is 5.41. The lowest BCUT2D eigenvalue weighted by Crippen LogP contribution is -2.22. The Kier molecular flexibility index (Phi) is 5.36. The maximum absolute atomic E-state index is 5.41. The first-order valence-electron chi connectivity index (χ1n) is 8.36. The Morgan fingerprint density at radius 3 is 2.50 bits per heavy atom. The van der Waals surface area contributed by atoms with Gasteiger partial charge in [-0.1, -0.05) is 19.3 Å². The van der Waals surface area contributed by atoms with Crippen LogP contribution in [0.1, 0.15) is 32.1 Å². The molecule has 0 amide bonds. The highest BCUT2D eigenvalue weighted by Gasteiger charge is 2.14. The highest BCUT2D eigenvalue weighted by molar-refractivity contribution is 5.66. The van der Waals surface area contributed by atoms with Gasteiger partial charge in [-0.2, -0.15) is 0 Å². The van der Waals surface area contributed by atoms with E-state index >= 15 is 0 Å². The SMILES string of the molecule is COc1ccc(Nc2cc(NC3CCCCC3)ncn2)c(OC)c1. The summed E-state index contributed by atoms with van der Waals surface area (Å²) in [5.41, 5.74) is 0.834. The van der Waals surface area contributed by atoms with Crippen molar-refractivity contribution in [2.24, 2.45) is 0 Å². The van der Waals surface area contributed by atoms with Crippen molar-refractivity contribution in [1.29, 1.82) is 0 Å². The third-order valence-electron chi connectivity index (χ3n) is 4.30. The highest BCUT2D eigenvalue weighted by Crippen LogP contribution is 2.31. The fourth-order valence-electron chi connectivity index (χ4n) is 3.00. The summed E-state index contributed by atoms with van der Waals surface area (Å²) in [6.45, 7) is 0. The zero-order chi connectivity index (χ0) is 16.8. The van der Waals surface area contributed by atoms with Crippen LogP contribution in [0.4, 0.5) is 17.3 Å². The van der Waals surface area contributed by atoms with E-state index in [1.807, 2.05) is 24.3 Å². The van der Waals surface area contributed by atoms with Crippen LogP contribution >= 0.6 is 0 Å². The van der Waals surface area contributed by atoms with Gasteiger partial charge in [-0.15, -0.1) is 0 Å². The number of benzene rings is 1. The van der Waals surface area contributed by atoms with E-state index in [0.29, 0.717) is 11.8 Å². The summed E-state index contributed by atoms with van der Waals surface area (Å²) in [6.07, 6.45) is 7.90. The van der Waals surface area contributed by atoms with E-state index in [1.54, 1.807) is 20.5 Å². The first kappa shape index (κ1) is 16.4. The minimum absolute atomic E-state index is 0.511. The van der Waals surface area contributed by atoms with Crippen LogP contribution in [-0.4, -0.2) is 30.2 Å². The second-order valence-corrected chi connectivity index (χ2v) is 5.96. The van der Waals surface area contributed by atoms with Crippen LogP contribution in [-0.2, 0) is 0 Å². The van der Waals surface area contributed by atoms with Gasteiger partial charge in [0.1, 0.15) is 29.5 Å². The molecule has 0 bridgehead atoms. The molecule has 2 aromatic rings. The summed E-state index contributed by atoms with van der Waals surface area (Å²) in [6, 6.07) is 8.07. The topological polar surface area (TPSA) is 68.3 Å². The van der Waals surface area contributed by atoms with Crippen molar-refractivity contribution >= 4 is 17.3 Å². The van der Waals surface area contributed by atoms with Gasteiger partial charge in [0, 0.05) is 18.2 Å². The third-order valence-corrected chi connectivity index (χ3v) is 4.30. The fraction of sp³-hybridized carbons (Fsp3) is 0.444. The lowest BCUT2D eigenvalue weighted by molar-refractivity contribution is 0.395. The van der Waals surface area contributed by atoms with Crippen molar-refractivity contribution in [1.82, 2.24) is 9.97 Å². The molecule has 0 saturated heterocycles. The Balaban J connectivity index is 1.72. The number of hydrogen-bond acceptors (Lipinski definition) is 6. The van der Waals surface area contributed by atoms with Gasteiger partial charge < -0.3 is 20.1 Å². The summed E-state index contributed by atoms with van der Waals surface area (Å²) < 4.78 is 10.6. The molecular formula is C18H24N4O2. The van der Waals surface area contributed by atoms with E-state index in [-0.39, 0.29) is 0 Å². The fourth-order valence-corrected chi connectivity index (χ4v) is 3.00. The van der Waals surface area contributed by atoms with E-state index in [4.69, 9.17) is 9.47 Å². The normalized spacial score (nSPS) is 14.9. The maximum Gasteiger partial charge on any atom is 0.146 e. The molecule has 24 heavy (non-hydrogen) atoms. The molecule has 1 saturated carbocycles. The molecule has 6 nitrogen and oxygen atoms in total. The van der Waals surface area contributed by atoms with E-state index in [1.165, 1.54) is 32.1 Å². The van der Waals surface area contributed by atoms with Crippen molar-refractivity contribution < 1.29 is 9.47 Å². The van der Waals surface area contributed by atoms with Crippen LogP contribution < -0.4 is 20.1 Å². The van der Waals surface area contributed by atoms with Crippen LogP contribution in [0.5, 0.6) is 11.5 Å². The lowest BCUT2D eigenvalue weighted by atomic mass is 9.95. The molecule has 1 fully saturated rings. The van der Waals surface area contributed by atoms with Crippen LogP contribution in [0.3, 0.4) is 0 Å². The predicted molar refractivity (Wildman–Crippen MR) is 95.4 cm³/mol. The number of anilines is 3. The molecule has 2 N–H and O–H groups in total. The monoisotopic (exact) mass is 328 g/mol. The number of nitrogens with zero attached hydrogens (tertiary/aromatic N) is 2. The van der Waals surface area contributed by atoms with Crippen LogP contribution in [0, 0.1) is 0 Å². The Morgan fingerprint density at radius 2 is 1.75 bits per heavy atom. The summed E-state index contributed by atoms with van der Waals surface area (Å²) in [5.74, 6) is 3.04. The molecule has 0 spiro atoms. The average Bonchev–Trinajstić information content (AvgIpc) is 2.63. The summed E-state index contributed by atoms with van der Waals surface area (Å²) >= 11 is 0. The van der Waals surface area contributed by atoms with Crippen LogP contribution in [0.2, 0.25) is 0 Å². The van der Waals surface area contributed by atoms with Gasteiger partial charge in [-0.3, -0.25) is 0 Å². The van der Waals surface area contributed by atoms with Gasteiger partial charge in [0.05, 0.1) is 19.9 Å². The highest BCUT2D eigenvalue weighted by atomic mass is 16.5. The Hall–Kier alpha value is -2.50. The van der Waals surface area contributed by atoms with Crippen molar-refractivity contribution in [3.8, 4) is 11.5 Å². The van der Waals surface area contributed by atoms with Gasteiger partial charge in [-0.05, 0) is 25.0 Å². The molecule has 0 atom stereocenters. The number of rotatable bonds is 6. The van der Waals surface area contributed by atoms with Crippen molar-refractivity contribution in [3.63, 3.8) is 0 Å². The van der Waals surface area contributed by atoms with E-state index in [0.717, 1.165) is 23.1 Å². The number of methoxy groups -OCH3 is 2. The van der Waals surface area contributed by atoms with Gasteiger partial charge in [0.25, 0.3) is 0 Å². The Morgan fingerprint density at radius 1 is 0.958 bits per heavy atom. The molecule has 6 heteroatoms. The van der Waals surface area contributed by atoms with E-state index in [9.17, 15) is 0 Å². The quantitative estimate of drug-likeness (QED) is 0.836. The molecule has 1 heterocycles. The van der Waals surface area contributed by atoms with Gasteiger partial charge >= 0.3 is 0 Å². The van der Waals surface area contributed by atoms with Crippen LogP contribution in [0.25, 0.3) is 0 Å².